The van der Waals surface area contributed by atoms with E-state index >= 15 is 0 Å². The van der Waals surface area contributed by atoms with E-state index in [0.29, 0.717) is 22.4 Å². The Hall–Kier alpha value is -3.36. The lowest BCUT2D eigenvalue weighted by Gasteiger charge is -2.18. The maximum Gasteiger partial charge on any atom is 0.328 e. The van der Waals surface area contributed by atoms with E-state index in [2.05, 4.69) is 15.5 Å². The van der Waals surface area contributed by atoms with Crippen molar-refractivity contribution in [2.24, 2.45) is 14.1 Å². The predicted octanol–water partition coefficient (Wildman–Crippen LogP) is 4.38. The number of nitrogens with zero attached hydrogens (tertiary/aromatic N) is 4. The number of aryl methyl sites for hydroxylation is 3. The van der Waals surface area contributed by atoms with E-state index in [1.807, 2.05) is 12.1 Å². The van der Waals surface area contributed by atoms with E-state index in [1.54, 1.807) is 32.5 Å². The van der Waals surface area contributed by atoms with Crippen LogP contribution in [0.15, 0.2) is 35.1 Å². The Morgan fingerprint density at radius 3 is 2.23 bits per heavy atom. The van der Waals surface area contributed by atoms with E-state index in [4.69, 9.17) is 0 Å². The first-order valence-corrected chi connectivity index (χ1v) is 9.36. The van der Waals surface area contributed by atoms with Gasteiger partial charge < -0.3 is 5.32 Å². The minimum absolute atomic E-state index is 0.108. The van der Waals surface area contributed by atoms with Crippen LogP contribution in [0.4, 0.5) is 19.0 Å². The second-order valence-corrected chi connectivity index (χ2v) is 7.34. The second-order valence-electron chi connectivity index (χ2n) is 7.34. The quantitative estimate of drug-likeness (QED) is 0.537. The summed E-state index contributed by atoms with van der Waals surface area (Å²) in [6.07, 6.45) is -2.90. The maximum atomic E-state index is 14.6. The van der Waals surface area contributed by atoms with Crippen molar-refractivity contribution in [3.05, 3.63) is 63.5 Å². The van der Waals surface area contributed by atoms with Gasteiger partial charge in [-0.3, -0.25) is 9.13 Å². The van der Waals surface area contributed by atoms with Gasteiger partial charge in [0.15, 0.2) is 5.82 Å². The summed E-state index contributed by atoms with van der Waals surface area (Å²) in [4.78, 5) is 12.3. The van der Waals surface area contributed by atoms with Gasteiger partial charge in [-0.2, -0.15) is 5.10 Å². The van der Waals surface area contributed by atoms with E-state index in [-0.39, 0.29) is 11.3 Å². The van der Waals surface area contributed by atoms with E-state index < -0.39 is 23.8 Å². The topological polar surface area (TPSA) is 64.7 Å². The van der Waals surface area contributed by atoms with Crippen LogP contribution in [0.25, 0.3) is 21.8 Å². The Morgan fingerprint density at radius 2 is 1.60 bits per heavy atom. The summed E-state index contributed by atoms with van der Waals surface area (Å²) >= 11 is 0. The molecule has 4 aromatic rings. The fourth-order valence-electron chi connectivity index (χ4n) is 3.73. The molecule has 0 saturated heterocycles. The minimum atomic E-state index is -2.90. The van der Waals surface area contributed by atoms with Crippen LogP contribution in [0, 0.1) is 12.7 Å². The van der Waals surface area contributed by atoms with Gasteiger partial charge in [0.1, 0.15) is 5.82 Å². The molecule has 0 aliphatic carbocycles. The van der Waals surface area contributed by atoms with Crippen molar-refractivity contribution in [3.8, 4) is 0 Å². The molecule has 1 atom stereocenters. The van der Waals surface area contributed by atoms with Gasteiger partial charge in [0.2, 0.25) is 0 Å². The second kappa shape index (κ2) is 7.16. The van der Waals surface area contributed by atoms with Gasteiger partial charge in [-0.25, -0.2) is 18.0 Å². The Labute approximate surface area is 170 Å². The number of benzene rings is 2. The highest BCUT2D eigenvalue weighted by Crippen LogP contribution is 2.32. The maximum absolute atomic E-state index is 14.6. The molecular weight excluding hydrogens is 395 g/mol. The monoisotopic (exact) mass is 415 g/mol. The molecule has 0 radical (unpaired) electrons. The molecule has 1 N–H and O–H groups in total. The van der Waals surface area contributed by atoms with Crippen molar-refractivity contribution < 1.29 is 13.2 Å². The molecule has 2 aromatic heterocycles. The number of hydrogen-bond donors (Lipinski definition) is 1. The molecule has 0 amide bonds. The Bertz CT molecular complexity index is 1340. The van der Waals surface area contributed by atoms with Crippen molar-refractivity contribution >= 4 is 27.6 Å². The first kappa shape index (κ1) is 19.9. The average Bonchev–Trinajstić information content (AvgIpc) is 2.93. The highest BCUT2D eigenvalue weighted by molar-refractivity contribution is 6.01. The summed E-state index contributed by atoms with van der Waals surface area (Å²) in [6, 6.07) is 6.99. The lowest BCUT2D eigenvalue weighted by atomic mass is 10.0. The summed E-state index contributed by atoms with van der Waals surface area (Å²) in [7, 11) is 3.37. The first-order valence-electron chi connectivity index (χ1n) is 9.36. The predicted molar refractivity (Wildman–Crippen MR) is 109 cm³/mol. The van der Waals surface area contributed by atoms with Gasteiger partial charge in [-0.1, -0.05) is 18.2 Å². The van der Waals surface area contributed by atoms with Crippen molar-refractivity contribution in [1.29, 1.82) is 0 Å². The molecule has 0 aliphatic heterocycles. The number of fused-ring (bicyclic) bond motifs is 2. The van der Waals surface area contributed by atoms with Gasteiger partial charge in [-0.15, -0.1) is 5.10 Å². The zero-order valence-corrected chi connectivity index (χ0v) is 16.9. The molecule has 0 bridgehead atoms. The molecular formula is C21H20F3N5O. The molecule has 0 fully saturated rings. The summed E-state index contributed by atoms with van der Waals surface area (Å²) in [5.41, 5.74) is 1.45. The van der Waals surface area contributed by atoms with Crippen molar-refractivity contribution in [2.45, 2.75) is 26.3 Å². The van der Waals surface area contributed by atoms with Crippen LogP contribution >= 0.6 is 0 Å². The molecule has 2 heterocycles. The van der Waals surface area contributed by atoms with E-state index in [9.17, 15) is 18.0 Å². The molecule has 9 heteroatoms. The number of imidazole rings is 1. The van der Waals surface area contributed by atoms with Crippen LogP contribution < -0.4 is 11.0 Å². The molecule has 4 rings (SSSR count). The molecule has 156 valence electrons. The van der Waals surface area contributed by atoms with E-state index in [1.165, 1.54) is 16.7 Å². The lowest BCUT2D eigenvalue weighted by molar-refractivity contribution is 0.146. The SMILES string of the molecule is Cc1nnc(N[C@H](C)c2cccc(C(F)F)c2F)c2cc3c(cc12)n(C)c(=O)n3C. The van der Waals surface area contributed by atoms with E-state index in [0.717, 1.165) is 17.0 Å². The molecule has 0 aliphatic rings. The number of nitrogens with one attached hydrogen (secondary N) is 1. The third-order valence-electron chi connectivity index (χ3n) is 5.47. The molecule has 0 unspecified atom stereocenters. The highest BCUT2D eigenvalue weighted by Gasteiger charge is 2.21. The van der Waals surface area contributed by atoms with Gasteiger partial charge in [0.25, 0.3) is 6.43 Å². The van der Waals surface area contributed by atoms with Crippen LogP contribution in [0.5, 0.6) is 0 Å². The Morgan fingerprint density at radius 1 is 1.00 bits per heavy atom. The molecule has 2 aromatic carbocycles. The van der Waals surface area contributed by atoms with Gasteiger partial charge in [-0.05, 0) is 26.0 Å². The third-order valence-corrected chi connectivity index (χ3v) is 5.47. The number of rotatable bonds is 4. The summed E-state index contributed by atoms with van der Waals surface area (Å²) in [5, 5.41) is 12.9. The number of halogens is 3. The number of anilines is 1. The summed E-state index contributed by atoms with van der Waals surface area (Å²) < 4.78 is 43.8. The smallest absolute Gasteiger partial charge is 0.328 e. The van der Waals surface area contributed by atoms with Crippen molar-refractivity contribution in [2.75, 3.05) is 5.32 Å². The fraction of sp³-hybridized carbons (Fsp3) is 0.286. The first-order chi connectivity index (χ1) is 14.2. The van der Waals surface area contributed by atoms with Crippen LogP contribution in [0.2, 0.25) is 0 Å². The standard InChI is InChI=1S/C21H20F3N5O/c1-10(12-6-5-7-13(18(12)22)19(23)24)25-20-15-9-17-16(28(3)21(30)29(17)4)8-14(15)11(2)26-27-20/h5-10,19H,1-4H3,(H,25,27)/t10-/m1/s1. The Balaban J connectivity index is 1.85. The number of aromatic nitrogens is 4. The minimum Gasteiger partial charge on any atom is -0.361 e. The number of alkyl halides is 2. The normalized spacial score (nSPS) is 12.8. The van der Waals surface area contributed by atoms with Gasteiger partial charge in [0, 0.05) is 30.4 Å². The Kier molecular flexibility index (Phi) is 4.76. The number of hydrogen-bond acceptors (Lipinski definition) is 4. The van der Waals surface area contributed by atoms with Crippen LogP contribution in [-0.2, 0) is 14.1 Å². The third kappa shape index (κ3) is 3.01. The highest BCUT2D eigenvalue weighted by atomic mass is 19.3. The van der Waals surface area contributed by atoms with Crippen molar-refractivity contribution in [1.82, 2.24) is 19.3 Å². The molecule has 0 saturated carbocycles. The lowest BCUT2D eigenvalue weighted by Crippen LogP contribution is -2.19. The van der Waals surface area contributed by atoms with Crippen LogP contribution in [-0.4, -0.2) is 19.3 Å². The average molecular weight is 415 g/mol. The van der Waals surface area contributed by atoms with Gasteiger partial charge >= 0.3 is 5.69 Å². The zero-order valence-electron chi connectivity index (χ0n) is 16.9. The largest absolute Gasteiger partial charge is 0.361 e. The van der Waals surface area contributed by atoms with Gasteiger partial charge in [0.05, 0.1) is 28.3 Å². The molecule has 6 nitrogen and oxygen atoms in total. The molecule has 0 spiro atoms. The summed E-state index contributed by atoms with van der Waals surface area (Å²) in [6.45, 7) is 3.47. The zero-order chi connectivity index (χ0) is 21.7. The molecule has 30 heavy (non-hydrogen) atoms. The van der Waals surface area contributed by atoms with Crippen LogP contribution in [0.1, 0.15) is 36.2 Å². The van der Waals surface area contributed by atoms with Crippen molar-refractivity contribution in [3.63, 3.8) is 0 Å². The summed E-state index contributed by atoms with van der Waals surface area (Å²) in [5.74, 6) is -0.562. The fourth-order valence-corrected chi connectivity index (χ4v) is 3.73. The van der Waals surface area contributed by atoms with Crippen LogP contribution in [0.3, 0.4) is 0 Å².